The molecule has 1 rings (SSSR count). The molecule has 58 valence electrons. The first-order valence-corrected chi connectivity index (χ1v) is 4.71. The number of thioether (sulfide) groups is 1. The quantitative estimate of drug-likeness (QED) is 0.676. The monoisotopic (exact) mass is 160 g/mol. The summed E-state index contributed by atoms with van der Waals surface area (Å²) in [7, 11) is 0. The molecule has 0 spiro atoms. The van der Waals surface area contributed by atoms with Gasteiger partial charge in [-0.05, 0) is 23.8 Å². The van der Waals surface area contributed by atoms with E-state index in [2.05, 4.69) is 6.92 Å². The average Bonchev–Trinajstić information content (AvgIpc) is 2.62. The van der Waals surface area contributed by atoms with Gasteiger partial charge in [0.15, 0.2) is 0 Å². The summed E-state index contributed by atoms with van der Waals surface area (Å²) in [5, 5.41) is 8.51. The molecule has 0 amide bonds. The standard InChI is InChI=1S/C7H12O2S/c1-2-10-4-5-3-6(5)7(8)9/h5-6H,2-4H2,1H3,(H,8,9). The lowest BCUT2D eigenvalue weighted by atomic mass is 10.3. The maximum absolute atomic E-state index is 10.3. The first kappa shape index (κ1) is 7.92. The van der Waals surface area contributed by atoms with Gasteiger partial charge in [0.2, 0.25) is 0 Å². The van der Waals surface area contributed by atoms with Gasteiger partial charge in [-0.2, -0.15) is 11.8 Å². The molecule has 1 N–H and O–H groups in total. The van der Waals surface area contributed by atoms with Gasteiger partial charge in [-0.15, -0.1) is 0 Å². The van der Waals surface area contributed by atoms with Crippen LogP contribution in [0.2, 0.25) is 0 Å². The molecule has 0 bridgehead atoms. The Kier molecular flexibility index (Phi) is 2.60. The predicted molar refractivity (Wildman–Crippen MR) is 42.2 cm³/mol. The Morgan fingerprint density at radius 1 is 1.80 bits per heavy atom. The smallest absolute Gasteiger partial charge is 0.306 e. The molecular formula is C7H12O2S. The normalized spacial score (nSPS) is 30.1. The Hall–Kier alpha value is -0.180. The van der Waals surface area contributed by atoms with Gasteiger partial charge < -0.3 is 5.11 Å². The summed E-state index contributed by atoms with van der Waals surface area (Å²) in [4.78, 5) is 10.3. The van der Waals surface area contributed by atoms with Crippen molar-refractivity contribution in [2.45, 2.75) is 13.3 Å². The van der Waals surface area contributed by atoms with Crippen LogP contribution < -0.4 is 0 Å². The molecule has 1 aliphatic carbocycles. The number of carboxylic acid groups (broad SMARTS) is 1. The fourth-order valence-corrected chi connectivity index (χ4v) is 1.91. The van der Waals surface area contributed by atoms with Crippen LogP contribution in [-0.2, 0) is 4.79 Å². The minimum absolute atomic E-state index is 0.0148. The van der Waals surface area contributed by atoms with Gasteiger partial charge in [-0.1, -0.05) is 6.92 Å². The molecule has 0 aliphatic heterocycles. The van der Waals surface area contributed by atoms with Crippen molar-refractivity contribution in [1.29, 1.82) is 0 Å². The van der Waals surface area contributed by atoms with Crippen LogP contribution in [0.1, 0.15) is 13.3 Å². The van der Waals surface area contributed by atoms with Gasteiger partial charge in [0.25, 0.3) is 0 Å². The van der Waals surface area contributed by atoms with Crippen molar-refractivity contribution in [3.8, 4) is 0 Å². The van der Waals surface area contributed by atoms with Crippen molar-refractivity contribution in [3.63, 3.8) is 0 Å². The second kappa shape index (κ2) is 3.28. The van der Waals surface area contributed by atoms with Crippen LogP contribution >= 0.6 is 11.8 Å². The zero-order valence-electron chi connectivity index (χ0n) is 6.04. The lowest BCUT2D eigenvalue weighted by molar-refractivity contribution is -0.138. The van der Waals surface area contributed by atoms with Gasteiger partial charge >= 0.3 is 5.97 Å². The minimum Gasteiger partial charge on any atom is -0.481 e. The molecule has 0 heterocycles. The molecule has 10 heavy (non-hydrogen) atoms. The molecule has 1 saturated carbocycles. The molecule has 1 fully saturated rings. The molecule has 0 saturated heterocycles. The van der Waals surface area contributed by atoms with Gasteiger partial charge in [0, 0.05) is 0 Å². The highest BCUT2D eigenvalue weighted by Crippen LogP contribution is 2.40. The number of hydrogen-bond acceptors (Lipinski definition) is 2. The number of carboxylic acids is 1. The average molecular weight is 160 g/mol. The van der Waals surface area contributed by atoms with Gasteiger partial charge in [-0.25, -0.2) is 0 Å². The van der Waals surface area contributed by atoms with Crippen LogP contribution in [0.3, 0.4) is 0 Å². The van der Waals surface area contributed by atoms with E-state index in [1.165, 1.54) is 0 Å². The molecule has 2 unspecified atom stereocenters. The lowest BCUT2D eigenvalue weighted by Gasteiger charge is -1.93. The lowest BCUT2D eigenvalue weighted by Crippen LogP contribution is -2.00. The first-order valence-electron chi connectivity index (χ1n) is 3.56. The Morgan fingerprint density at radius 3 is 2.90 bits per heavy atom. The first-order chi connectivity index (χ1) is 4.75. The topological polar surface area (TPSA) is 37.3 Å². The van der Waals surface area contributed by atoms with E-state index in [0.29, 0.717) is 5.92 Å². The summed E-state index contributed by atoms with van der Waals surface area (Å²) >= 11 is 1.84. The van der Waals surface area contributed by atoms with Gasteiger partial charge in [0.05, 0.1) is 5.92 Å². The van der Waals surface area contributed by atoms with Crippen LogP contribution in [0.25, 0.3) is 0 Å². The van der Waals surface area contributed by atoms with Crippen LogP contribution in [0.5, 0.6) is 0 Å². The third-order valence-electron chi connectivity index (χ3n) is 1.78. The predicted octanol–water partition coefficient (Wildman–Crippen LogP) is 1.46. The summed E-state index contributed by atoms with van der Waals surface area (Å²) in [5.41, 5.74) is 0. The molecule has 2 nitrogen and oxygen atoms in total. The third-order valence-corrected chi connectivity index (χ3v) is 2.85. The van der Waals surface area contributed by atoms with Gasteiger partial charge in [-0.3, -0.25) is 4.79 Å². The molecule has 2 atom stereocenters. The molecule has 0 aromatic carbocycles. The van der Waals surface area contributed by atoms with E-state index >= 15 is 0 Å². The highest BCUT2D eigenvalue weighted by atomic mass is 32.2. The summed E-state index contributed by atoms with van der Waals surface area (Å²) in [6.07, 6.45) is 0.905. The van der Waals surface area contributed by atoms with Crippen molar-refractivity contribution < 1.29 is 9.90 Å². The Labute approximate surface area is 65.0 Å². The van der Waals surface area contributed by atoms with Crippen molar-refractivity contribution >= 4 is 17.7 Å². The fourth-order valence-electron chi connectivity index (χ4n) is 1.00. The van der Waals surface area contributed by atoms with Crippen LogP contribution in [-0.4, -0.2) is 22.6 Å². The van der Waals surface area contributed by atoms with Crippen LogP contribution in [0, 0.1) is 11.8 Å². The number of rotatable bonds is 4. The van der Waals surface area contributed by atoms with Crippen molar-refractivity contribution in [2.75, 3.05) is 11.5 Å². The minimum atomic E-state index is -0.610. The second-order valence-electron chi connectivity index (χ2n) is 2.60. The number of hydrogen-bond donors (Lipinski definition) is 1. The number of carbonyl (C=O) groups is 1. The van der Waals surface area contributed by atoms with Crippen molar-refractivity contribution in [1.82, 2.24) is 0 Å². The molecule has 0 radical (unpaired) electrons. The van der Waals surface area contributed by atoms with E-state index in [0.717, 1.165) is 17.9 Å². The molecule has 1 aliphatic rings. The Balaban J connectivity index is 2.08. The van der Waals surface area contributed by atoms with E-state index in [1.54, 1.807) is 0 Å². The highest BCUT2D eigenvalue weighted by molar-refractivity contribution is 7.99. The van der Waals surface area contributed by atoms with Crippen LogP contribution in [0.15, 0.2) is 0 Å². The summed E-state index contributed by atoms with van der Waals surface area (Å²) < 4.78 is 0. The molecule has 3 heteroatoms. The molecular weight excluding hydrogens is 148 g/mol. The van der Waals surface area contributed by atoms with E-state index in [1.807, 2.05) is 11.8 Å². The zero-order chi connectivity index (χ0) is 7.56. The maximum Gasteiger partial charge on any atom is 0.306 e. The summed E-state index contributed by atoms with van der Waals surface area (Å²) in [5.74, 6) is 1.99. The molecule has 0 aromatic rings. The summed E-state index contributed by atoms with van der Waals surface area (Å²) in [6, 6.07) is 0. The Bertz CT molecular complexity index is 136. The SMILES string of the molecule is CCSCC1CC1C(=O)O. The molecule has 0 aromatic heterocycles. The number of aliphatic carboxylic acids is 1. The largest absolute Gasteiger partial charge is 0.481 e. The van der Waals surface area contributed by atoms with E-state index in [4.69, 9.17) is 5.11 Å². The van der Waals surface area contributed by atoms with Gasteiger partial charge in [0.1, 0.15) is 0 Å². The van der Waals surface area contributed by atoms with Crippen LogP contribution in [0.4, 0.5) is 0 Å². The highest BCUT2D eigenvalue weighted by Gasteiger charge is 2.42. The third kappa shape index (κ3) is 1.90. The van der Waals surface area contributed by atoms with Crippen molar-refractivity contribution in [3.05, 3.63) is 0 Å². The Morgan fingerprint density at radius 2 is 2.50 bits per heavy atom. The maximum atomic E-state index is 10.3. The van der Waals surface area contributed by atoms with Crippen molar-refractivity contribution in [2.24, 2.45) is 11.8 Å². The second-order valence-corrected chi connectivity index (χ2v) is 3.92. The summed E-state index contributed by atoms with van der Waals surface area (Å²) in [6.45, 7) is 2.10. The van der Waals surface area contributed by atoms with E-state index < -0.39 is 5.97 Å². The van der Waals surface area contributed by atoms with E-state index in [-0.39, 0.29) is 5.92 Å². The fraction of sp³-hybridized carbons (Fsp3) is 0.857. The van der Waals surface area contributed by atoms with E-state index in [9.17, 15) is 4.79 Å². The zero-order valence-corrected chi connectivity index (χ0v) is 6.86.